The Balaban J connectivity index is 1.72. The van der Waals surface area contributed by atoms with Crippen molar-refractivity contribution >= 4 is 28.2 Å². The highest BCUT2D eigenvalue weighted by atomic mass is 32.2. The third-order valence-corrected chi connectivity index (χ3v) is 6.24. The standard InChI is InChI=1S/C18H14N2O2S2/c21-17-11(13-5-1-3-7-19-13)9-15(24-17)12-10-23-18(22)16(12)14-6-2-4-8-20-14/h1-9,12,16,21H,10H2/t12-,16+/m1/s1. The highest BCUT2D eigenvalue weighted by molar-refractivity contribution is 8.14. The summed E-state index contributed by atoms with van der Waals surface area (Å²) < 4.78 is 0. The van der Waals surface area contributed by atoms with E-state index in [2.05, 4.69) is 9.97 Å². The van der Waals surface area contributed by atoms with Crippen LogP contribution in [-0.4, -0.2) is 25.9 Å². The molecule has 0 radical (unpaired) electrons. The molecule has 0 bridgehead atoms. The van der Waals surface area contributed by atoms with Crippen LogP contribution in [-0.2, 0) is 4.79 Å². The normalized spacial score (nSPS) is 20.4. The number of aromatic hydroxyl groups is 1. The monoisotopic (exact) mass is 354 g/mol. The van der Waals surface area contributed by atoms with Crippen molar-refractivity contribution in [1.82, 2.24) is 9.97 Å². The van der Waals surface area contributed by atoms with Gasteiger partial charge in [0.2, 0.25) is 0 Å². The number of thioether (sulfide) groups is 1. The molecule has 3 aromatic rings. The van der Waals surface area contributed by atoms with Gasteiger partial charge in [0, 0.05) is 28.9 Å². The lowest BCUT2D eigenvalue weighted by atomic mass is 9.90. The minimum Gasteiger partial charge on any atom is -0.499 e. The molecule has 6 heteroatoms. The summed E-state index contributed by atoms with van der Waals surface area (Å²) >= 11 is 2.67. The SMILES string of the molecule is O=C1SC[C@H](c2cc(-c3ccccn3)c(O)s2)[C@H]1c1ccccn1. The van der Waals surface area contributed by atoms with E-state index in [-0.39, 0.29) is 22.0 Å². The number of hydrogen-bond donors (Lipinski definition) is 1. The Kier molecular flexibility index (Phi) is 4.08. The number of carbonyl (C=O) groups excluding carboxylic acids is 1. The average molecular weight is 354 g/mol. The molecule has 4 nitrogen and oxygen atoms in total. The molecule has 1 aliphatic heterocycles. The van der Waals surface area contributed by atoms with Crippen molar-refractivity contribution in [3.8, 4) is 16.3 Å². The molecule has 1 aliphatic rings. The van der Waals surface area contributed by atoms with Crippen molar-refractivity contribution in [3.63, 3.8) is 0 Å². The molecule has 1 saturated heterocycles. The van der Waals surface area contributed by atoms with Crippen LogP contribution in [0.1, 0.15) is 22.4 Å². The third-order valence-electron chi connectivity index (χ3n) is 4.11. The summed E-state index contributed by atoms with van der Waals surface area (Å²) in [6.45, 7) is 0. The van der Waals surface area contributed by atoms with Crippen LogP contribution in [0.15, 0.2) is 54.9 Å². The smallest absolute Gasteiger partial charge is 0.198 e. The lowest BCUT2D eigenvalue weighted by Gasteiger charge is -2.15. The largest absolute Gasteiger partial charge is 0.499 e. The van der Waals surface area contributed by atoms with E-state index < -0.39 is 0 Å². The van der Waals surface area contributed by atoms with Gasteiger partial charge in [0.05, 0.1) is 22.9 Å². The first-order valence-electron chi connectivity index (χ1n) is 7.55. The molecule has 4 heterocycles. The number of nitrogens with zero attached hydrogens (tertiary/aromatic N) is 2. The molecule has 4 rings (SSSR count). The molecule has 0 amide bonds. The molecular formula is C18H14N2O2S2. The summed E-state index contributed by atoms with van der Waals surface area (Å²) in [6, 6.07) is 13.2. The van der Waals surface area contributed by atoms with Crippen LogP contribution in [0, 0.1) is 0 Å². The lowest BCUT2D eigenvalue weighted by molar-refractivity contribution is -0.112. The summed E-state index contributed by atoms with van der Waals surface area (Å²) in [4.78, 5) is 22.0. The van der Waals surface area contributed by atoms with Gasteiger partial charge in [-0.15, -0.1) is 11.3 Å². The second-order valence-electron chi connectivity index (χ2n) is 5.55. The fourth-order valence-corrected chi connectivity index (χ4v) is 5.27. The topological polar surface area (TPSA) is 63.1 Å². The van der Waals surface area contributed by atoms with Crippen molar-refractivity contribution in [1.29, 1.82) is 0 Å². The first kappa shape index (κ1) is 15.4. The second-order valence-corrected chi connectivity index (χ2v) is 7.64. The Morgan fingerprint density at radius 1 is 1.08 bits per heavy atom. The first-order chi connectivity index (χ1) is 11.7. The van der Waals surface area contributed by atoms with Gasteiger partial charge >= 0.3 is 0 Å². The molecule has 1 N–H and O–H groups in total. The van der Waals surface area contributed by atoms with Gasteiger partial charge in [-0.2, -0.15) is 0 Å². The zero-order valence-corrected chi connectivity index (χ0v) is 14.3. The number of carbonyl (C=O) groups is 1. The van der Waals surface area contributed by atoms with E-state index in [0.717, 1.165) is 21.8 Å². The molecule has 0 aliphatic carbocycles. The highest BCUT2D eigenvalue weighted by Gasteiger charge is 2.39. The fourth-order valence-electron chi connectivity index (χ4n) is 2.94. The summed E-state index contributed by atoms with van der Waals surface area (Å²) in [7, 11) is 0. The summed E-state index contributed by atoms with van der Waals surface area (Å²) in [6.07, 6.45) is 3.42. The Labute approximate surface area is 147 Å². The maximum Gasteiger partial charge on any atom is 0.198 e. The van der Waals surface area contributed by atoms with Gasteiger partial charge in [0.25, 0.3) is 0 Å². The van der Waals surface area contributed by atoms with Crippen LogP contribution in [0.3, 0.4) is 0 Å². The van der Waals surface area contributed by atoms with E-state index in [1.165, 1.54) is 23.1 Å². The van der Waals surface area contributed by atoms with Crippen LogP contribution >= 0.6 is 23.1 Å². The lowest BCUT2D eigenvalue weighted by Crippen LogP contribution is -2.12. The molecule has 0 unspecified atom stereocenters. The van der Waals surface area contributed by atoms with E-state index in [9.17, 15) is 9.90 Å². The summed E-state index contributed by atoms with van der Waals surface area (Å²) in [5, 5.41) is 10.7. The van der Waals surface area contributed by atoms with Gasteiger partial charge in [0.15, 0.2) is 10.2 Å². The zero-order valence-electron chi connectivity index (χ0n) is 12.6. The van der Waals surface area contributed by atoms with Crippen molar-refractivity contribution in [2.24, 2.45) is 0 Å². The average Bonchev–Trinajstić information content (AvgIpc) is 3.19. The minimum atomic E-state index is -0.258. The van der Waals surface area contributed by atoms with E-state index in [4.69, 9.17) is 0 Å². The fraction of sp³-hybridized carbons (Fsp3) is 0.167. The molecular weight excluding hydrogens is 340 g/mol. The molecule has 0 spiro atoms. The molecule has 0 saturated carbocycles. The Bertz CT molecular complexity index is 865. The van der Waals surface area contributed by atoms with Gasteiger partial charge in [-0.05, 0) is 30.3 Å². The molecule has 1 fully saturated rings. The van der Waals surface area contributed by atoms with Gasteiger partial charge < -0.3 is 5.11 Å². The maximum absolute atomic E-state index is 12.4. The Morgan fingerprint density at radius 2 is 1.88 bits per heavy atom. The van der Waals surface area contributed by atoms with E-state index in [0.29, 0.717) is 5.75 Å². The van der Waals surface area contributed by atoms with Crippen LogP contribution in [0.5, 0.6) is 5.06 Å². The number of thiophene rings is 1. The molecule has 2 atom stereocenters. The van der Waals surface area contributed by atoms with Crippen LogP contribution in [0.4, 0.5) is 0 Å². The third kappa shape index (κ3) is 2.72. The number of pyridine rings is 2. The van der Waals surface area contributed by atoms with Crippen LogP contribution in [0.25, 0.3) is 11.3 Å². The predicted molar refractivity (Wildman–Crippen MR) is 96.4 cm³/mol. The van der Waals surface area contributed by atoms with Crippen molar-refractivity contribution in [3.05, 3.63) is 65.4 Å². The van der Waals surface area contributed by atoms with E-state index in [1.807, 2.05) is 42.5 Å². The summed E-state index contributed by atoms with van der Waals surface area (Å²) in [5.41, 5.74) is 2.26. The van der Waals surface area contributed by atoms with Gasteiger partial charge in [-0.25, -0.2) is 0 Å². The molecule has 0 aromatic carbocycles. The van der Waals surface area contributed by atoms with Crippen LogP contribution < -0.4 is 0 Å². The number of aromatic nitrogens is 2. The predicted octanol–water partition coefficient (Wildman–Crippen LogP) is 4.05. The Hall–Kier alpha value is -2.18. The first-order valence-corrected chi connectivity index (χ1v) is 9.36. The maximum atomic E-state index is 12.4. The van der Waals surface area contributed by atoms with Crippen molar-refractivity contribution in [2.45, 2.75) is 11.8 Å². The number of hydrogen-bond acceptors (Lipinski definition) is 6. The molecule has 24 heavy (non-hydrogen) atoms. The van der Waals surface area contributed by atoms with Gasteiger partial charge in [-0.1, -0.05) is 23.9 Å². The van der Waals surface area contributed by atoms with Crippen LogP contribution in [0.2, 0.25) is 0 Å². The molecule has 120 valence electrons. The number of rotatable bonds is 3. The van der Waals surface area contributed by atoms with E-state index >= 15 is 0 Å². The van der Waals surface area contributed by atoms with Crippen molar-refractivity contribution in [2.75, 3.05) is 5.75 Å². The van der Waals surface area contributed by atoms with Gasteiger partial charge in [0.1, 0.15) is 0 Å². The second kappa shape index (κ2) is 6.37. The van der Waals surface area contributed by atoms with E-state index in [1.54, 1.807) is 12.4 Å². The van der Waals surface area contributed by atoms with Crippen molar-refractivity contribution < 1.29 is 9.90 Å². The zero-order chi connectivity index (χ0) is 16.5. The highest BCUT2D eigenvalue weighted by Crippen LogP contribution is 2.49. The quantitative estimate of drug-likeness (QED) is 0.769. The summed E-state index contributed by atoms with van der Waals surface area (Å²) in [5.74, 6) is 0.485. The van der Waals surface area contributed by atoms with Gasteiger partial charge in [-0.3, -0.25) is 14.8 Å². The molecule has 3 aromatic heterocycles. The Morgan fingerprint density at radius 3 is 2.58 bits per heavy atom. The minimum absolute atomic E-state index is 0.0331.